The van der Waals surface area contributed by atoms with Crippen LogP contribution in [0.1, 0.15) is 18.5 Å². The van der Waals surface area contributed by atoms with Crippen LogP contribution >= 0.6 is 15.9 Å². The third-order valence-corrected chi connectivity index (χ3v) is 5.39. The standard InChI is InChI=1S/C14H12BrFN2O4S/c1-9(11-4-2-3-5-12(11)15)17-23(21,22)10-6-7-13(16)14(8-10)18(19)20/h2-9,17H,1H3/t9-/m1/s1. The molecule has 2 aromatic rings. The van der Waals surface area contributed by atoms with Gasteiger partial charge in [0, 0.05) is 16.6 Å². The molecule has 0 aromatic heterocycles. The molecular weight excluding hydrogens is 391 g/mol. The van der Waals surface area contributed by atoms with Crippen LogP contribution in [0, 0.1) is 15.9 Å². The highest BCUT2D eigenvalue weighted by atomic mass is 79.9. The molecule has 23 heavy (non-hydrogen) atoms. The molecule has 1 N–H and O–H groups in total. The average Bonchev–Trinajstić information content (AvgIpc) is 2.47. The lowest BCUT2D eigenvalue weighted by molar-refractivity contribution is -0.387. The second kappa shape index (κ2) is 6.73. The van der Waals surface area contributed by atoms with Gasteiger partial charge >= 0.3 is 5.69 Å². The Morgan fingerprint density at radius 3 is 2.52 bits per heavy atom. The highest BCUT2D eigenvalue weighted by Crippen LogP contribution is 2.26. The summed E-state index contributed by atoms with van der Waals surface area (Å²) in [5.74, 6) is -1.09. The largest absolute Gasteiger partial charge is 0.306 e. The van der Waals surface area contributed by atoms with Gasteiger partial charge in [-0.3, -0.25) is 10.1 Å². The molecule has 9 heteroatoms. The Labute approximate surface area is 140 Å². The Morgan fingerprint density at radius 1 is 1.26 bits per heavy atom. The van der Waals surface area contributed by atoms with E-state index in [1.54, 1.807) is 31.2 Å². The van der Waals surface area contributed by atoms with Crippen molar-refractivity contribution < 1.29 is 17.7 Å². The van der Waals surface area contributed by atoms with Crippen molar-refractivity contribution in [3.05, 3.63) is 68.4 Å². The molecular formula is C14H12BrFN2O4S. The highest BCUT2D eigenvalue weighted by Gasteiger charge is 2.24. The van der Waals surface area contributed by atoms with Gasteiger partial charge in [-0.2, -0.15) is 4.39 Å². The predicted octanol–water partition coefficient (Wildman–Crippen LogP) is 3.54. The lowest BCUT2D eigenvalue weighted by Gasteiger charge is -2.16. The van der Waals surface area contributed by atoms with Crippen LogP contribution in [0.4, 0.5) is 10.1 Å². The molecule has 0 saturated carbocycles. The van der Waals surface area contributed by atoms with Crippen molar-refractivity contribution >= 4 is 31.6 Å². The lowest BCUT2D eigenvalue weighted by Crippen LogP contribution is -2.27. The van der Waals surface area contributed by atoms with E-state index in [4.69, 9.17) is 0 Å². The minimum atomic E-state index is -4.04. The summed E-state index contributed by atoms with van der Waals surface area (Å²) in [4.78, 5) is 9.40. The van der Waals surface area contributed by atoms with E-state index in [9.17, 15) is 22.9 Å². The van der Waals surface area contributed by atoms with Gasteiger partial charge in [-0.25, -0.2) is 13.1 Å². The Bertz CT molecular complexity index is 858. The fraction of sp³-hybridized carbons (Fsp3) is 0.143. The number of benzene rings is 2. The Kier molecular flexibility index (Phi) is 5.12. The zero-order valence-corrected chi connectivity index (χ0v) is 14.3. The number of nitro benzene ring substituents is 1. The van der Waals surface area contributed by atoms with Crippen LogP contribution in [-0.4, -0.2) is 13.3 Å². The highest BCUT2D eigenvalue weighted by molar-refractivity contribution is 9.10. The van der Waals surface area contributed by atoms with Crippen LogP contribution in [0.3, 0.4) is 0 Å². The van der Waals surface area contributed by atoms with E-state index in [2.05, 4.69) is 20.7 Å². The minimum absolute atomic E-state index is 0.371. The summed E-state index contributed by atoms with van der Waals surface area (Å²) in [6, 6.07) is 8.91. The van der Waals surface area contributed by atoms with Crippen LogP contribution in [0.5, 0.6) is 0 Å². The van der Waals surface area contributed by atoms with Crippen LogP contribution in [0.25, 0.3) is 0 Å². The van der Waals surface area contributed by atoms with E-state index < -0.39 is 32.5 Å². The average molecular weight is 403 g/mol. The molecule has 0 aliphatic heterocycles. The van der Waals surface area contributed by atoms with Gasteiger partial charge in [0.15, 0.2) is 0 Å². The van der Waals surface area contributed by atoms with Crippen LogP contribution in [-0.2, 0) is 10.0 Å². The number of hydrogen-bond acceptors (Lipinski definition) is 4. The normalized spacial score (nSPS) is 12.8. The first-order chi connectivity index (χ1) is 10.7. The van der Waals surface area contributed by atoms with Crippen LogP contribution < -0.4 is 4.72 Å². The number of hydrogen-bond donors (Lipinski definition) is 1. The fourth-order valence-electron chi connectivity index (χ4n) is 1.99. The first-order valence-corrected chi connectivity index (χ1v) is 8.70. The quantitative estimate of drug-likeness (QED) is 0.611. The summed E-state index contributed by atoms with van der Waals surface area (Å²) in [6.07, 6.45) is 0. The molecule has 0 amide bonds. The number of rotatable bonds is 5. The maximum Gasteiger partial charge on any atom is 0.306 e. The van der Waals surface area contributed by atoms with Gasteiger partial charge < -0.3 is 0 Å². The van der Waals surface area contributed by atoms with Gasteiger partial charge in [-0.1, -0.05) is 34.1 Å². The molecule has 6 nitrogen and oxygen atoms in total. The molecule has 1 atom stereocenters. The minimum Gasteiger partial charge on any atom is -0.258 e. The molecule has 0 aliphatic carbocycles. The van der Waals surface area contributed by atoms with Gasteiger partial charge in [0.25, 0.3) is 0 Å². The zero-order valence-electron chi connectivity index (χ0n) is 11.9. The second-order valence-corrected chi connectivity index (χ2v) is 7.30. The lowest BCUT2D eigenvalue weighted by atomic mass is 10.1. The summed E-state index contributed by atoms with van der Waals surface area (Å²) in [7, 11) is -4.04. The number of sulfonamides is 1. The summed E-state index contributed by atoms with van der Waals surface area (Å²) in [5, 5.41) is 10.7. The summed E-state index contributed by atoms with van der Waals surface area (Å²) >= 11 is 3.33. The molecule has 0 bridgehead atoms. The molecule has 2 rings (SSSR count). The van der Waals surface area contributed by atoms with Crippen molar-refractivity contribution in [2.75, 3.05) is 0 Å². The summed E-state index contributed by atoms with van der Waals surface area (Å²) < 4.78 is 41.1. The van der Waals surface area contributed by atoms with Gasteiger partial charge in [-0.05, 0) is 30.7 Å². The number of halogens is 2. The fourth-order valence-corrected chi connectivity index (χ4v) is 3.86. The van der Waals surface area contributed by atoms with E-state index in [1.165, 1.54) is 0 Å². The zero-order chi connectivity index (χ0) is 17.2. The number of nitrogens with one attached hydrogen (secondary N) is 1. The first kappa shape index (κ1) is 17.5. The van der Waals surface area contributed by atoms with E-state index in [-0.39, 0.29) is 4.90 Å². The maximum absolute atomic E-state index is 13.3. The molecule has 2 aromatic carbocycles. The Balaban J connectivity index is 2.34. The monoisotopic (exact) mass is 402 g/mol. The molecule has 0 spiro atoms. The van der Waals surface area contributed by atoms with E-state index in [0.717, 1.165) is 16.6 Å². The van der Waals surface area contributed by atoms with Gasteiger partial charge in [0.2, 0.25) is 15.8 Å². The topological polar surface area (TPSA) is 89.3 Å². The van der Waals surface area contributed by atoms with Crippen molar-refractivity contribution in [1.29, 1.82) is 0 Å². The third kappa shape index (κ3) is 3.92. The third-order valence-electron chi connectivity index (χ3n) is 3.13. The number of nitrogens with zero attached hydrogens (tertiary/aromatic N) is 1. The molecule has 0 unspecified atom stereocenters. The SMILES string of the molecule is C[C@@H](NS(=O)(=O)c1ccc(F)c([N+](=O)[O-])c1)c1ccccc1Br. The molecule has 0 saturated heterocycles. The first-order valence-electron chi connectivity index (χ1n) is 6.43. The summed E-state index contributed by atoms with van der Waals surface area (Å²) in [6.45, 7) is 1.63. The van der Waals surface area contributed by atoms with Crippen molar-refractivity contribution in [3.63, 3.8) is 0 Å². The predicted molar refractivity (Wildman–Crippen MR) is 85.9 cm³/mol. The second-order valence-electron chi connectivity index (χ2n) is 4.73. The van der Waals surface area contributed by atoms with Crippen molar-refractivity contribution in [2.24, 2.45) is 0 Å². The van der Waals surface area contributed by atoms with Gasteiger partial charge in [0.05, 0.1) is 9.82 Å². The summed E-state index contributed by atoms with van der Waals surface area (Å²) in [5.41, 5.74) is -0.186. The van der Waals surface area contributed by atoms with Crippen LogP contribution in [0.2, 0.25) is 0 Å². The van der Waals surface area contributed by atoms with Crippen molar-refractivity contribution in [3.8, 4) is 0 Å². The van der Waals surface area contributed by atoms with Gasteiger partial charge in [-0.15, -0.1) is 0 Å². The molecule has 0 radical (unpaired) electrons. The Morgan fingerprint density at radius 2 is 1.91 bits per heavy atom. The maximum atomic E-state index is 13.3. The van der Waals surface area contributed by atoms with E-state index >= 15 is 0 Å². The molecule has 122 valence electrons. The molecule has 0 aliphatic rings. The Hall–Kier alpha value is -1.84. The van der Waals surface area contributed by atoms with E-state index in [0.29, 0.717) is 11.6 Å². The van der Waals surface area contributed by atoms with E-state index in [1.807, 2.05) is 0 Å². The van der Waals surface area contributed by atoms with Crippen LogP contribution in [0.15, 0.2) is 51.8 Å². The van der Waals surface area contributed by atoms with Crippen molar-refractivity contribution in [2.45, 2.75) is 17.9 Å². The number of nitro groups is 1. The van der Waals surface area contributed by atoms with Gasteiger partial charge in [0.1, 0.15) is 0 Å². The van der Waals surface area contributed by atoms with Crippen molar-refractivity contribution in [1.82, 2.24) is 4.72 Å². The molecule has 0 heterocycles. The smallest absolute Gasteiger partial charge is 0.258 e. The molecule has 0 fully saturated rings.